The molecule has 1 atom stereocenters. The van der Waals surface area contributed by atoms with E-state index in [1.54, 1.807) is 0 Å². The lowest BCUT2D eigenvalue weighted by atomic mass is 9.90. The van der Waals surface area contributed by atoms with Gasteiger partial charge >= 0.3 is 0 Å². The first-order chi connectivity index (χ1) is 7.17. The molecule has 0 heterocycles. The van der Waals surface area contributed by atoms with Crippen LogP contribution in [0.2, 0.25) is 0 Å². The van der Waals surface area contributed by atoms with Gasteiger partial charge in [-0.05, 0) is 35.8 Å². The molecule has 0 fully saturated rings. The lowest BCUT2D eigenvalue weighted by molar-refractivity contribution is 0.422. The van der Waals surface area contributed by atoms with Crippen molar-refractivity contribution >= 4 is 11.6 Å². The van der Waals surface area contributed by atoms with E-state index >= 15 is 0 Å². The summed E-state index contributed by atoms with van der Waals surface area (Å²) in [6.07, 6.45) is 2.22. The van der Waals surface area contributed by atoms with Gasteiger partial charge in [0.05, 0.1) is 0 Å². The second kappa shape index (κ2) is 6.17. The molecule has 0 radical (unpaired) electrons. The summed E-state index contributed by atoms with van der Waals surface area (Å²) in [5.41, 5.74) is 2.82. The molecule has 1 heteroatoms. The van der Waals surface area contributed by atoms with E-state index in [0.29, 0.717) is 11.8 Å². The molecule has 0 bridgehead atoms. The van der Waals surface area contributed by atoms with Crippen molar-refractivity contribution in [3.63, 3.8) is 0 Å². The maximum Gasteiger partial charge on any atom is 0.0257 e. The summed E-state index contributed by atoms with van der Waals surface area (Å²) in [5, 5.41) is 0. The molecule has 0 saturated carbocycles. The lowest BCUT2D eigenvalue weighted by Gasteiger charge is -2.17. The van der Waals surface area contributed by atoms with E-state index in [1.165, 1.54) is 11.1 Å². The van der Waals surface area contributed by atoms with Gasteiger partial charge in [-0.3, -0.25) is 0 Å². The second-order valence-electron chi connectivity index (χ2n) is 4.53. The summed E-state index contributed by atoms with van der Waals surface area (Å²) in [6.45, 7) is 6.67. The van der Waals surface area contributed by atoms with Gasteiger partial charge in [0, 0.05) is 5.88 Å². The topological polar surface area (TPSA) is 0 Å². The first-order valence-electron chi connectivity index (χ1n) is 5.81. The highest BCUT2D eigenvalue weighted by molar-refractivity contribution is 6.18. The minimum atomic E-state index is 0.596. The molecule has 0 aromatic heterocycles. The maximum absolute atomic E-state index is 5.97. The molecule has 0 aliphatic heterocycles. The lowest BCUT2D eigenvalue weighted by Crippen LogP contribution is -2.13. The predicted octanol–water partition coefficient (Wildman–Crippen LogP) is 4.30. The molecule has 84 valence electrons. The SMILES string of the molecule is CCc1ccc(CC(CCl)C(C)C)cc1. The largest absolute Gasteiger partial charge is 0.126 e. The second-order valence-corrected chi connectivity index (χ2v) is 4.84. The number of alkyl halides is 1. The van der Waals surface area contributed by atoms with Crippen molar-refractivity contribution in [1.29, 1.82) is 0 Å². The van der Waals surface area contributed by atoms with Gasteiger partial charge in [-0.15, -0.1) is 11.6 Å². The Kier molecular flexibility index (Phi) is 5.17. The van der Waals surface area contributed by atoms with E-state index < -0.39 is 0 Å². The van der Waals surface area contributed by atoms with Crippen LogP contribution in [-0.2, 0) is 12.8 Å². The van der Waals surface area contributed by atoms with Crippen LogP contribution in [0.4, 0.5) is 0 Å². The Labute approximate surface area is 98.7 Å². The van der Waals surface area contributed by atoms with Crippen molar-refractivity contribution in [3.8, 4) is 0 Å². The van der Waals surface area contributed by atoms with Crippen molar-refractivity contribution in [1.82, 2.24) is 0 Å². The molecular formula is C14H21Cl. The number of aryl methyl sites for hydroxylation is 1. The maximum atomic E-state index is 5.97. The fourth-order valence-electron chi connectivity index (χ4n) is 1.68. The van der Waals surface area contributed by atoms with Crippen molar-refractivity contribution < 1.29 is 0 Å². The molecule has 1 unspecified atom stereocenters. The Hall–Kier alpha value is -0.490. The smallest absolute Gasteiger partial charge is 0.0257 e. The van der Waals surface area contributed by atoms with E-state index in [-0.39, 0.29) is 0 Å². The molecular weight excluding hydrogens is 204 g/mol. The number of benzene rings is 1. The first kappa shape index (κ1) is 12.6. The molecule has 15 heavy (non-hydrogen) atoms. The summed E-state index contributed by atoms with van der Waals surface area (Å²) >= 11 is 5.97. The number of rotatable bonds is 5. The van der Waals surface area contributed by atoms with E-state index in [4.69, 9.17) is 11.6 Å². The van der Waals surface area contributed by atoms with Crippen LogP contribution >= 0.6 is 11.6 Å². The van der Waals surface area contributed by atoms with E-state index in [1.807, 2.05) is 0 Å². The molecule has 1 rings (SSSR count). The molecule has 0 nitrogen and oxygen atoms in total. The summed E-state index contributed by atoms with van der Waals surface area (Å²) in [5.74, 6) is 2.01. The van der Waals surface area contributed by atoms with Crippen LogP contribution in [0.3, 0.4) is 0 Å². The fourth-order valence-corrected chi connectivity index (χ4v) is 2.15. The van der Waals surface area contributed by atoms with Crippen LogP contribution < -0.4 is 0 Å². The van der Waals surface area contributed by atoms with Crippen LogP contribution in [0.1, 0.15) is 31.9 Å². The van der Waals surface area contributed by atoms with Crippen LogP contribution in [-0.4, -0.2) is 5.88 Å². The van der Waals surface area contributed by atoms with Crippen LogP contribution in [0.25, 0.3) is 0 Å². The third kappa shape index (κ3) is 3.87. The first-order valence-corrected chi connectivity index (χ1v) is 6.34. The van der Waals surface area contributed by atoms with Crippen LogP contribution in [0.5, 0.6) is 0 Å². The Morgan fingerprint density at radius 2 is 1.60 bits per heavy atom. The minimum absolute atomic E-state index is 0.596. The van der Waals surface area contributed by atoms with Crippen molar-refractivity contribution in [2.75, 3.05) is 5.88 Å². The highest BCUT2D eigenvalue weighted by Crippen LogP contribution is 2.19. The van der Waals surface area contributed by atoms with Crippen LogP contribution in [0, 0.1) is 11.8 Å². The standard InChI is InChI=1S/C14H21Cl/c1-4-12-5-7-13(8-6-12)9-14(10-15)11(2)3/h5-8,11,14H,4,9-10H2,1-3H3. The molecule has 0 aliphatic rings. The Bertz CT molecular complexity index is 274. The van der Waals surface area contributed by atoms with E-state index in [9.17, 15) is 0 Å². The number of hydrogen-bond donors (Lipinski definition) is 0. The quantitative estimate of drug-likeness (QED) is 0.655. The van der Waals surface area contributed by atoms with Gasteiger partial charge < -0.3 is 0 Å². The zero-order valence-electron chi connectivity index (χ0n) is 9.96. The van der Waals surface area contributed by atoms with Gasteiger partial charge in [0.1, 0.15) is 0 Å². The highest BCUT2D eigenvalue weighted by atomic mass is 35.5. The number of hydrogen-bond acceptors (Lipinski definition) is 0. The zero-order valence-corrected chi connectivity index (χ0v) is 10.7. The summed E-state index contributed by atoms with van der Waals surface area (Å²) in [4.78, 5) is 0. The number of halogens is 1. The Morgan fingerprint density at radius 3 is 2.00 bits per heavy atom. The van der Waals surface area contributed by atoms with E-state index in [2.05, 4.69) is 45.0 Å². The van der Waals surface area contributed by atoms with Gasteiger partial charge in [0.25, 0.3) is 0 Å². The zero-order chi connectivity index (χ0) is 11.3. The minimum Gasteiger partial charge on any atom is -0.126 e. The van der Waals surface area contributed by atoms with E-state index in [0.717, 1.165) is 18.7 Å². The van der Waals surface area contributed by atoms with Crippen molar-refractivity contribution in [2.24, 2.45) is 11.8 Å². The normalized spacial score (nSPS) is 13.1. The highest BCUT2D eigenvalue weighted by Gasteiger charge is 2.12. The third-order valence-electron chi connectivity index (χ3n) is 3.07. The third-order valence-corrected chi connectivity index (χ3v) is 3.47. The van der Waals surface area contributed by atoms with Crippen molar-refractivity contribution in [2.45, 2.75) is 33.6 Å². The Morgan fingerprint density at radius 1 is 1.07 bits per heavy atom. The van der Waals surface area contributed by atoms with Gasteiger partial charge in [0.2, 0.25) is 0 Å². The van der Waals surface area contributed by atoms with Crippen LogP contribution in [0.15, 0.2) is 24.3 Å². The Balaban J connectivity index is 2.63. The average molecular weight is 225 g/mol. The van der Waals surface area contributed by atoms with Crippen molar-refractivity contribution in [3.05, 3.63) is 35.4 Å². The van der Waals surface area contributed by atoms with Gasteiger partial charge in [-0.1, -0.05) is 45.0 Å². The predicted molar refractivity (Wildman–Crippen MR) is 68.6 cm³/mol. The molecule has 0 N–H and O–H groups in total. The average Bonchev–Trinajstić information content (AvgIpc) is 2.26. The summed E-state index contributed by atoms with van der Waals surface area (Å²) in [6, 6.07) is 8.92. The van der Waals surface area contributed by atoms with Gasteiger partial charge in [-0.25, -0.2) is 0 Å². The molecule has 0 spiro atoms. The monoisotopic (exact) mass is 224 g/mol. The molecule has 1 aromatic carbocycles. The summed E-state index contributed by atoms with van der Waals surface area (Å²) in [7, 11) is 0. The molecule has 0 saturated heterocycles. The molecule has 0 amide bonds. The molecule has 1 aromatic rings. The van der Waals surface area contributed by atoms with Gasteiger partial charge in [0.15, 0.2) is 0 Å². The molecule has 0 aliphatic carbocycles. The van der Waals surface area contributed by atoms with Gasteiger partial charge in [-0.2, -0.15) is 0 Å². The fraction of sp³-hybridized carbons (Fsp3) is 0.571. The summed E-state index contributed by atoms with van der Waals surface area (Å²) < 4.78 is 0.